The van der Waals surface area contributed by atoms with Crippen LogP contribution in [0.4, 0.5) is 10.5 Å². The summed E-state index contributed by atoms with van der Waals surface area (Å²) in [7, 11) is 0. The summed E-state index contributed by atoms with van der Waals surface area (Å²) in [6.45, 7) is 5.89. The van der Waals surface area contributed by atoms with Gasteiger partial charge in [-0.25, -0.2) is 4.79 Å². The maximum absolute atomic E-state index is 13.1. The van der Waals surface area contributed by atoms with E-state index in [1.165, 1.54) is 42.6 Å². The van der Waals surface area contributed by atoms with Gasteiger partial charge in [0.25, 0.3) is 0 Å². The van der Waals surface area contributed by atoms with Crippen molar-refractivity contribution < 1.29 is 23.9 Å². The molecule has 3 aliphatic rings. The van der Waals surface area contributed by atoms with E-state index < -0.39 is 41.4 Å². The van der Waals surface area contributed by atoms with E-state index in [4.69, 9.17) is 4.74 Å². The second-order valence-corrected chi connectivity index (χ2v) is 10.7. The van der Waals surface area contributed by atoms with Crippen molar-refractivity contribution in [1.29, 1.82) is 0 Å². The first-order valence-electron chi connectivity index (χ1n) is 12.4. The summed E-state index contributed by atoms with van der Waals surface area (Å²) in [5.74, 6) is -2.93. The lowest BCUT2D eigenvalue weighted by Crippen LogP contribution is -2.64. The third kappa shape index (κ3) is 5.42. The monoisotopic (exact) mass is 469 g/mol. The number of rotatable bonds is 3. The van der Waals surface area contributed by atoms with Gasteiger partial charge >= 0.3 is 6.09 Å². The molecule has 4 rings (SSSR count). The van der Waals surface area contributed by atoms with Crippen molar-refractivity contribution in [2.24, 2.45) is 11.8 Å². The standard InChI is InChI=1S/C26H35N3O5/c1-26(2,3)34-25(33)29-14-13-19-20(15-29)28-24(32)21(22(19)30)23(31)27-18-11-9-17(10-12-18)16-7-5-4-6-8-16/h9-12,16,19-21H,4-8,13-15H2,1-3H3,(H,27,31)(H,28,32). The number of amides is 3. The molecule has 0 spiro atoms. The van der Waals surface area contributed by atoms with E-state index in [1.54, 1.807) is 20.8 Å². The van der Waals surface area contributed by atoms with Crippen molar-refractivity contribution in [1.82, 2.24) is 10.2 Å². The van der Waals surface area contributed by atoms with Crippen LogP contribution in [0, 0.1) is 11.8 Å². The highest BCUT2D eigenvalue weighted by Gasteiger charge is 2.49. The molecule has 184 valence electrons. The van der Waals surface area contributed by atoms with Gasteiger partial charge in [-0.1, -0.05) is 31.4 Å². The van der Waals surface area contributed by atoms with E-state index >= 15 is 0 Å². The molecule has 3 fully saturated rings. The number of piperidine rings is 2. The first-order chi connectivity index (χ1) is 16.1. The first kappa shape index (κ1) is 24.2. The van der Waals surface area contributed by atoms with Crippen LogP contribution < -0.4 is 10.6 Å². The molecule has 1 aromatic rings. The molecule has 0 aromatic heterocycles. The van der Waals surface area contributed by atoms with Crippen LogP contribution in [0.1, 0.15) is 70.8 Å². The lowest BCUT2D eigenvalue weighted by atomic mass is 9.78. The highest BCUT2D eigenvalue weighted by Crippen LogP contribution is 2.33. The van der Waals surface area contributed by atoms with Gasteiger partial charge < -0.3 is 20.3 Å². The minimum absolute atomic E-state index is 0.189. The first-order valence-corrected chi connectivity index (χ1v) is 12.4. The van der Waals surface area contributed by atoms with E-state index in [9.17, 15) is 19.2 Å². The Labute approximate surface area is 200 Å². The van der Waals surface area contributed by atoms with Crippen LogP contribution in [0.5, 0.6) is 0 Å². The van der Waals surface area contributed by atoms with Crippen LogP contribution in [0.2, 0.25) is 0 Å². The van der Waals surface area contributed by atoms with Crippen molar-refractivity contribution in [3.8, 4) is 0 Å². The quantitative estimate of drug-likeness (QED) is 0.658. The molecule has 1 aromatic carbocycles. The van der Waals surface area contributed by atoms with Gasteiger partial charge in [0.1, 0.15) is 5.60 Å². The van der Waals surface area contributed by atoms with Gasteiger partial charge in [-0.3, -0.25) is 14.4 Å². The Morgan fingerprint density at radius 1 is 1.03 bits per heavy atom. The number of ether oxygens (including phenoxy) is 1. The number of likely N-dealkylation sites (tertiary alicyclic amines) is 1. The van der Waals surface area contributed by atoms with E-state index in [-0.39, 0.29) is 12.3 Å². The minimum Gasteiger partial charge on any atom is -0.444 e. The number of carbonyl (C=O) groups is 4. The molecule has 2 N–H and O–H groups in total. The Morgan fingerprint density at radius 2 is 1.71 bits per heavy atom. The summed E-state index contributed by atoms with van der Waals surface area (Å²) in [5, 5.41) is 5.54. The Morgan fingerprint density at radius 3 is 2.35 bits per heavy atom. The number of ketones is 1. The lowest BCUT2D eigenvalue weighted by Gasteiger charge is -2.42. The number of nitrogens with one attached hydrogen (secondary N) is 2. The molecule has 1 aliphatic carbocycles. The Kier molecular flexibility index (Phi) is 6.96. The fourth-order valence-electron chi connectivity index (χ4n) is 5.28. The Hall–Kier alpha value is -2.90. The number of fused-ring (bicyclic) bond motifs is 1. The van der Waals surface area contributed by atoms with Crippen molar-refractivity contribution in [3.63, 3.8) is 0 Å². The zero-order valence-electron chi connectivity index (χ0n) is 20.3. The largest absolute Gasteiger partial charge is 0.444 e. The van der Waals surface area contributed by atoms with Gasteiger partial charge in [-0.15, -0.1) is 0 Å². The average molecular weight is 470 g/mol. The highest BCUT2D eigenvalue weighted by atomic mass is 16.6. The van der Waals surface area contributed by atoms with E-state index in [1.807, 2.05) is 24.3 Å². The van der Waals surface area contributed by atoms with E-state index in [0.717, 1.165) is 0 Å². The molecule has 8 nitrogen and oxygen atoms in total. The van der Waals surface area contributed by atoms with Crippen molar-refractivity contribution >= 4 is 29.4 Å². The second-order valence-electron chi connectivity index (χ2n) is 10.7. The highest BCUT2D eigenvalue weighted by molar-refractivity contribution is 6.23. The van der Waals surface area contributed by atoms with Crippen molar-refractivity contribution in [2.45, 2.75) is 76.9 Å². The topological polar surface area (TPSA) is 105 Å². The molecular formula is C26H35N3O5. The molecule has 2 aliphatic heterocycles. The molecule has 0 radical (unpaired) electrons. The van der Waals surface area contributed by atoms with Crippen molar-refractivity contribution in [2.75, 3.05) is 18.4 Å². The van der Waals surface area contributed by atoms with Gasteiger partial charge in [-0.05, 0) is 63.6 Å². The fourth-order valence-corrected chi connectivity index (χ4v) is 5.28. The van der Waals surface area contributed by atoms with E-state index in [2.05, 4.69) is 10.6 Å². The Bertz CT molecular complexity index is 946. The molecule has 0 bridgehead atoms. The second kappa shape index (κ2) is 9.76. The number of carbonyl (C=O) groups excluding carboxylic acids is 4. The van der Waals surface area contributed by atoms with Gasteiger partial charge in [0.15, 0.2) is 11.7 Å². The van der Waals surface area contributed by atoms with Gasteiger partial charge in [0, 0.05) is 24.7 Å². The number of benzene rings is 1. The molecule has 3 unspecified atom stereocenters. The summed E-state index contributed by atoms with van der Waals surface area (Å²) in [6.07, 6.45) is 6.09. The summed E-state index contributed by atoms with van der Waals surface area (Å²) >= 11 is 0. The Balaban J connectivity index is 1.37. The maximum Gasteiger partial charge on any atom is 0.410 e. The van der Waals surface area contributed by atoms with Crippen molar-refractivity contribution in [3.05, 3.63) is 29.8 Å². The number of anilines is 1. The average Bonchev–Trinajstić information content (AvgIpc) is 2.78. The molecule has 1 saturated carbocycles. The molecule has 3 atom stereocenters. The van der Waals surface area contributed by atoms with Gasteiger partial charge in [0.05, 0.1) is 6.04 Å². The summed E-state index contributed by atoms with van der Waals surface area (Å²) in [6, 6.07) is 7.22. The normalized spacial score (nSPS) is 25.9. The van der Waals surface area contributed by atoms with Crippen LogP contribution in [0.15, 0.2) is 24.3 Å². The molecule has 2 saturated heterocycles. The summed E-state index contributed by atoms with van der Waals surface area (Å²) in [4.78, 5) is 52.6. The van der Waals surface area contributed by atoms with Crippen LogP contribution in [-0.4, -0.2) is 53.3 Å². The smallest absolute Gasteiger partial charge is 0.410 e. The summed E-state index contributed by atoms with van der Waals surface area (Å²) in [5.41, 5.74) is 1.22. The SMILES string of the molecule is CC(C)(C)OC(=O)N1CCC2C(=O)C(C(=O)Nc3ccc(C4CCCCC4)cc3)C(=O)NC2C1. The van der Waals surface area contributed by atoms with Gasteiger partial charge in [-0.2, -0.15) is 0 Å². The summed E-state index contributed by atoms with van der Waals surface area (Å²) < 4.78 is 5.41. The predicted molar refractivity (Wildman–Crippen MR) is 127 cm³/mol. The van der Waals surface area contributed by atoms with Crippen LogP contribution in [-0.2, 0) is 19.1 Å². The number of Topliss-reactive ketones (excluding diaryl/α,β-unsaturated/α-hetero) is 1. The predicted octanol–water partition coefficient (Wildman–Crippen LogP) is 3.61. The molecule has 3 amide bonds. The van der Waals surface area contributed by atoms with Crippen LogP contribution in [0.3, 0.4) is 0 Å². The number of hydrogen-bond donors (Lipinski definition) is 2. The maximum atomic E-state index is 13.1. The van der Waals surface area contributed by atoms with Gasteiger partial charge in [0.2, 0.25) is 11.8 Å². The lowest BCUT2D eigenvalue weighted by molar-refractivity contribution is -0.147. The zero-order valence-corrected chi connectivity index (χ0v) is 20.3. The molecule has 2 heterocycles. The molecular weight excluding hydrogens is 434 g/mol. The zero-order chi connectivity index (χ0) is 24.5. The van der Waals surface area contributed by atoms with E-state index in [0.29, 0.717) is 24.6 Å². The third-order valence-corrected chi connectivity index (χ3v) is 7.02. The minimum atomic E-state index is -1.38. The number of nitrogens with zero attached hydrogens (tertiary/aromatic N) is 1. The number of hydrogen-bond acceptors (Lipinski definition) is 5. The molecule has 34 heavy (non-hydrogen) atoms. The van der Waals surface area contributed by atoms with Crippen LogP contribution in [0.25, 0.3) is 0 Å². The third-order valence-electron chi connectivity index (χ3n) is 7.02. The molecule has 8 heteroatoms. The fraction of sp³-hybridized carbons (Fsp3) is 0.615. The van der Waals surface area contributed by atoms with Crippen LogP contribution >= 0.6 is 0 Å².